The number of allylic oxidation sites excluding steroid dienone is 1. The molecule has 1 unspecified atom stereocenters. The van der Waals surface area contributed by atoms with Crippen LogP contribution in [0.4, 0.5) is 5.69 Å². The smallest absolute Gasteiger partial charge is 0.272 e. The quantitative estimate of drug-likeness (QED) is 0.194. The number of nitrogens with zero attached hydrogens (tertiary/aromatic N) is 2. The Morgan fingerprint density at radius 1 is 1.10 bits per heavy atom. The van der Waals surface area contributed by atoms with E-state index in [4.69, 9.17) is 4.74 Å². The van der Waals surface area contributed by atoms with Gasteiger partial charge >= 0.3 is 0 Å². The molecule has 0 bridgehead atoms. The Morgan fingerprint density at radius 2 is 1.95 bits per heavy atom. The van der Waals surface area contributed by atoms with E-state index in [1.807, 2.05) is 30.3 Å². The average molecular weight is 554 g/mol. The lowest BCUT2D eigenvalue weighted by atomic mass is 9.91. The minimum absolute atomic E-state index is 0.0954. The summed E-state index contributed by atoms with van der Waals surface area (Å²) < 4.78 is 6.05. The number of rotatable bonds is 10. The third kappa shape index (κ3) is 6.79. The third-order valence-electron chi connectivity index (χ3n) is 6.86. The number of carbonyl (C=O) groups is 2. The highest BCUT2D eigenvalue weighted by Gasteiger charge is 2.27. The van der Waals surface area contributed by atoms with Crippen molar-refractivity contribution in [3.8, 4) is 5.75 Å². The number of ether oxygens (including phenoxy) is 1. The van der Waals surface area contributed by atoms with E-state index < -0.39 is 5.60 Å². The number of aromatic nitrogens is 3. The number of hydrogen-bond donors (Lipinski definition) is 5. The number of hydrogen-bond acceptors (Lipinski definition) is 7. The molecule has 0 saturated carbocycles. The summed E-state index contributed by atoms with van der Waals surface area (Å²) in [5.41, 5.74) is 2.37. The van der Waals surface area contributed by atoms with E-state index in [2.05, 4.69) is 25.6 Å². The molecule has 2 heterocycles. The van der Waals surface area contributed by atoms with E-state index in [0.29, 0.717) is 48.5 Å². The van der Waals surface area contributed by atoms with Crippen molar-refractivity contribution in [1.29, 1.82) is 0 Å². The summed E-state index contributed by atoms with van der Waals surface area (Å²) in [6.45, 7) is 2.15. The molecule has 10 heteroatoms. The summed E-state index contributed by atoms with van der Waals surface area (Å²) in [7, 11) is 0. The SMILES string of the molecule is CC1(O)CC=C(CCOc2cc(C(=O)NCCc3ccncn3)ccc2NC(=O)c2cc3ccccc3[nH]2)C=C1O. The predicted octanol–water partition coefficient (Wildman–Crippen LogP) is 4.47. The first-order valence-corrected chi connectivity index (χ1v) is 13.3. The Morgan fingerprint density at radius 3 is 2.73 bits per heavy atom. The first kappa shape index (κ1) is 27.6. The molecular formula is C31H31N5O5. The van der Waals surface area contributed by atoms with Crippen LogP contribution in [0, 0.1) is 0 Å². The van der Waals surface area contributed by atoms with Crippen LogP contribution in [-0.4, -0.2) is 55.7 Å². The van der Waals surface area contributed by atoms with Crippen LogP contribution in [0.3, 0.4) is 0 Å². The minimum Gasteiger partial charge on any atom is -0.509 e. The van der Waals surface area contributed by atoms with Crippen LogP contribution < -0.4 is 15.4 Å². The number of anilines is 1. The number of benzene rings is 2. The highest BCUT2D eigenvalue weighted by Crippen LogP contribution is 2.30. The van der Waals surface area contributed by atoms with E-state index in [9.17, 15) is 19.8 Å². The van der Waals surface area contributed by atoms with Gasteiger partial charge in [-0.3, -0.25) is 9.59 Å². The van der Waals surface area contributed by atoms with Gasteiger partial charge in [-0.15, -0.1) is 0 Å². The molecule has 41 heavy (non-hydrogen) atoms. The van der Waals surface area contributed by atoms with E-state index in [1.54, 1.807) is 43.5 Å². The second-order valence-electron chi connectivity index (χ2n) is 10.0. The summed E-state index contributed by atoms with van der Waals surface area (Å²) >= 11 is 0. The van der Waals surface area contributed by atoms with Gasteiger partial charge < -0.3 is 30.6 Å². The van der Waals surface area contributed by atoms with Gasteiger partial charge in [0.2, 0.25) is 0 Å². The number of aromatic amines is 1. The van der Waals surface area contributed by atoms with Crippen molar-refractivity contribution in [1.82, 2.24) is 20.3 Å². The summed E-state index contributed by atoms with van der Waals surface area (Å²) in [5.74, 6) is -0.405. The van der Waals surface area contributed by atoms with Crippen LogP contribution in [0.25, 0.3) is 10.9 Å². The zero-order valence-corrected chi connectivity index (χ0v) is 22.6. The van der Waals surface area contributed by atoms with Gasteiger partial charge in [0.15, 0.2) is 0 Å². The maximum atomic E-state index is 13.1. The molecule has 2 aromatic heterocycles. The van der Waals surface area contributed by atoms with Crippen molar-refractivity contribution in [3.63, 3.8) is 0 Å². The van der Waals surface area contributed by atoms with Gasteiger partial charge in [-0.25, -0.2) is 9.97 Å². The molecule has 0 aliphatic heterocycles. The maximum absolute atomic E-state index is 13.1. The van der Waals surface area contributed by atoms with E-state index >= 15 is 0 Å². The topological polar surface area (TPSA) is 149 Å². The lowest BCUT2D eigenvalue weighted by Crippen LogP contribution is -2.28. The zero-order chi connectivity index (χ0) is 28.8. The fraction of sp³-hybridized carbons (Fsp3) is 0.226. The molecule has 0 spiro atoms. The molecule has 2 aromatic carbocycles. The Labute approximate surface area is 236 Å². The van der Waals surface area contributed by atoms with E-state index in [1.165, 1.54) is 12.4 Å². The predicted molar refractivity (Wildman–Crippen MR) is 155 cm³/mol. The number of amides is 2. The normalized spacial score (nSPS) is 16.5. The van der Waals surface area contributed by atoms with Gasteiger partial charge in [0, 0.05) is 54.2 Å². The second kappa shape index (κ2) is 12.1. The van der Waals surface area contributed by atoms with Crippen molar-refractivity contribution in [2.24, 2.45) is 0 Å². The van der Waals surface area contributed by atoms with Gasteiger partial charge in [0.1, 0.15) is 29.1 Å². The van der Waals surface area contributed by atoms with Crippen molar-refractivity contribution in [2.45, 2.75) is 31.8 Å². The molecule has 0 fully saturated rings. The lowest BCUT2D eigenvalue weighted by molar-refractivity contribution is 0.0534. The Kier molecular flexibility index (Phi) is 8.11. The molecule has 210 valence electrons. The van der Waals surface area contributed by atoms with Crippen LogP contribution in [0.2, 0.25) is 0 Å². The molecule has 2 amide bonds. The highest BCUT2D eigenvalue weighted by molar-refractivity contribution is 6.07. The van der Waals surface area contributed by atoms with Gasteiger partial charge in [-0.1, -0.05) is 24.3 Å². The number of H-pyrrole nitrogens is 1. The summed E-state index contributed by atoms with van der Waals surface area (Å²) in [6.07, 6.45) is 7.80. The minimum atomic E-state index is -1.28. The Bertz CT molecular complexity index is 1590. The van der Waals surface area contributed by atoms with Gasteiger partial charge in [-0.2, -0.15) is 0 Å². The molecule has 0 radical (unpaired) electrons. The number of aliphatic hydroxyl groups is 2. The lowest BCUT2D eigenvalue weighted by Gasteiger charge is -2.25. The van der Waals surface area contributed by atoms with Crippen LogP contribution >= 0.6 is 0 Å². The fourth-order valence-corrected chi connectivity index (χ4v) is 4.42. The Balaban J connectivity index is 1.30. The summed E-state index contributed by atoms with van der Waals surface area (Å²) in [5, 5.41) is 26.9. The molecule has 5 rings (SSSR count). The fourth-order valence-electron chi connectivity index (χ4n) is 4.42. The van der Waals surface area contributed by atoms with Crippen LogP contribution in [0.5, 0.6) is 5.75 Å². The van der Waals surface area contributed by atoms with Crippen molar-refractivity contribution >= 4 is 28.4 Å². The summed E-state index contributed by atoms with van der Waals surface area (Å²) in [6, 6.07) is 16.0. The van der Waals surface area contributed by atoms with Gasteiger partial charge in [0.25, 0.3) is 11.8 Å². The van der Waals surface area contributed by atoms with Crippen LogP contribution in [-0.2, 0) is 6.42 Å². The van der Waals surface area contributed by atoms with Crippen molar-refractivity contribution in [3.05, 3.63) is 108 Å². The number of para-hydroxylation sites is 1. The number of fused-ring (bicyclic) bond motifs is 1. The number of carbonyl (C=O) groups excluding carboxylic acids is 2. The van der Waals surface area contributed by atoms with Gasteiger partial charge in [-0.05, 0) is 55.0 Å². The number of nitrogens with one attached hydrogen (secondary N) is 3. The standard InChI is InChI=1S/C31H31N5O5/c1-31(40)12-8-20(16-28(31)37)11-15-41-27-18-22(29(38)33-14-10-23-9-13-32-19-34-23)6-7-25(27)36-30(39)26-17-21-4-2-3-5-24(21)35-26/h2-9,13,16-19,35,37,40H,10-12,14-15H2,1H3,(H,33,38)(H,36,39). The van der Waals surface area contributed by atoms with E-state index in [0.717, 1.165) is 22.2 Å². The average Bonchev–Trinajstić information content (AvgIpc) is 3.41. The molecular weight excluding hydrogens is 522 g/mol. The van der Waals surface area contributed by atoms with Crippen LogP contribution in [0.15, 0.2) is 90.6 Å². The largest absolute Gasteiger partial charge is 0.509 e. The molecule has 1 aliphatic rings. The second-order valence-corrected chi connectivity index (χ2v) is 10.0. The summed E-state index contributed by atoms with van der Waals surface area (Å²) in [4.78, 5) is 37.2. The van der Waals surface area contributed by atoms with Crippen molar-refractivity contribution in [2.75, 3.05) is 18.5 Å². The first-order valence-electron chi connectivity index (χ1n) is 13.3. The Hall–Kier alpha value is -4.96. The molecule has 4 aromatic rings. The monoisotopic (exact) mass is 553 g/mol. The van der Waals surface area contributed by atoms with Crippen molar-refractivity contribution < 1.29 is 24.5 Å². The van der Waals surface area contributed by atoms with Crippen LogP contribution in [0.1, 0.15) is 46.3 Å². The molecule has 1 atom stereocenters. The number of aliphatic hydroxyl groups excluding tert-OH is 1. The zero-order valence-electron chi connectivity index (χ0n) is 22.6. The highest BCUT2D eigenvalue weighted by atomic mass is 16.5. The molecule has 5 N–H and O–H groups in total. The molecule has 0 saturated heterocycles. The van der Waals surface area contributed by atoms with E-state index in [-0.39, 0.29) is 24.2 Å². The first-order chi connectivity index (χ1) is 19.8. The molecule has 10 nitrogen and oxygen atoms in total. The molecule has 1 aliphatic carbocycles. The third-order valence-corrected chi connectivity index (χ3v) is 6.86. The maximum Gasteiger partial charge on any atom is 0.272 e. The van der Waals surface area contributed by atoms with Gasteiger partial charge in [0.05, 0.1) is 12.3 Å².